The summed E-state index contributed by atoms with van der Waals surface area (Å²) in [5.74, 6) is -1.41. The van der Waals surface area contributed by atoms with Crippen molar-refractivity contribution in [3.63, 3.8) is 0 Å². The van der Waals surface area contributed by atoms with Crippen LogP contribution in [0, 0.1) is 11.6 Å². The lowest BCUT2D eigenvalue weighted by molar-refractivity contribution is 0.212. The first-order valence-electron chi connectivity index (χ1n) is 11.8. The van der Waals surface area contributed by atoms with Gasteiger partial charge in [-0.3, -0.25) is 4.57 Å². The molecule has 1 aromatic heterocycles. The molecule has 1 unspecified atom stereocenters. The van der Waals surface area contributed by atoms with Crippen molar-refractivity contribution in [3.8, 4) is 0 Å². The average Bonchev–Trinajstić information content (AvgIpc) is 3.19. The maximum Gasteiger partial charge on any atom is 0.339 e. The van der Waals surface area contributed by atoms with E-state index in [4.69, 9.17) is 9.05 Å². The molecule has 1 aliphatic carbocycles. The normalized spacial score (nSPS) is 16.4. The molecule has 0 aliphatic heterocycles. The van der Waals surface area contributed by atoms with E-state index in [-0.39, 0.29) is 19.6 Å². The molecule has 0 radical (unpaired) electrons. The predicted octanol–water partition coefficient (Wildman–Crippen LogP) is 8.78. The van der Waals surface area contributed by atoms with Crippen LogP contribution in [0.5, 0.6) is 0 Å². The van der Waals surface area contributed by atoms with Gasteiger partial charge in [0.05, 0.1) is 18.9 Å². The minimum absolute atomic E-state index is 0.245. The van der Waals surface area contributed by atoms with Gasteiger partial charge in [-0.1, -0.05) is 43.5 Å². The average molecular weight is 493 g/mol. The number of thiophene rings is 1. The number of hydrogen-bond acceptors (Lipinski definition) is 4. The molecule has 1 aliphatic rings. The van der Waals surface area contributed by atoms with Gasteiger partial charge in [0.25, 0.3) is 0 Å². The molecule has 1 saturated carbocycles. The van der Waals surface area contributed by atoms with Gasteiger partial charge in [-0.15, -0.1) is 11.3 Å². The smallest absolute Gasteiger partial charge is 0.308 e. The number of rotatable bonds is 9. The molecule has 0 amide bonds. The Hall–Kier alpha value is -1.59. The first-order chi connectivity index (χ1) is 16.0. The van der Waals surface area contributed by atoms with Crippen molar-refractivity contribution in [1.29, 1.82) is 0 Å². The van der Waals surface area contributed by atoms with Crippen LogP contribution >= 0.6 is 18.9 Å². The quantitative estimate of drug-likeness (QED) is 0.280. The fourth-order valence-electron chi connectivity index (χ4n) is 4.96. The third-order valence-corrected chi connectivity index (χ3v) is 10.3. The molecule has 3 nitrogen and oxygen atoms in total. The Labute approximate surface area is 198 Å². The largest absolute Gasteiger partial charge is 0.339 e. The number of hydrogen-bond donors (Lipinski definition) is 0. The maximum absolute atomic E-state index is 14.2. The summed E-state index contributed by atoms with van der Waals surface area (Å²) in [6, 6.07) is 12.2. The van der Waals surface area contributed by atoms with Crippen LogP contribution < -0.4 is 0 Å². The summed E-state index contributed by atoms with van der Waals surface area (Å²) in [4.78, 5) is 0.998. The van der Waals surface area contributed by atoms with Gasteiger partial charge in [-0.25, -0.2) is 8.78 Å². The summed E-state index contributed by atoms with van der Waals surface area (Å²) in [6.45, 7) is 4.09. The minimum atomic E-state index is -3.58. The van der Waals surface area contributed by atoms with E-state index in [1.54, 1.807) is 31.3 Å². The van der Waals surface area contributed by atoms with E-state index in [9.17, 15) is 13.3 Å². The second-order valence-corrected chi connectivity index (χ2v) is 11.9. The van der Waals surface area contributed by atoms with Gasteiger partial charge in [0, 0.05) is 9.58 Å². The molecule has 1 atom stereocenters. The molecule has 7 heteroatoms. The third-order valence-electron chi connectivity index (χ3n) is 6.39. The number of benzene rings is 2. The third kappa shape index (κ3) is 5.24. The molecule has 0 spiro atoms. The molecule has 0 bridgehead atoms. The van der Waals surface area contributed by atoms with E-state index in [1.165, 1.54) is 36.3 Å². The van der Waals surface area contributed by atoms with Crippen LogP contribution in [-0.4, -0.2) is 13.2 Å². The zero-order valence-electron chi connectivity index (χ0n) is 19.2. The Morgan fingerprint density at radius 2 is 1.70 bits per heavy atom. The van der Waals surface area contributed by atoms with Gasteiger partial charge in [-0.05, 0) is 73.7 Å². The van der Waals surface area contributed by atoms with Crippen LogP contribution in [0.15, 0.2) is 42.5 Å². The second kappa shape index (κ2) is 10.8. The van der Waals surface area contributed by atoms with E-state index >= 15 is 0 Å². The first kappa shape index (κ1) is 24.5. The molecule has 0 saturated heterocycles. The SMILES string of the molecule is CCOP(=O)(OCC)C(Cc1ccc(F)c(F)c1)c1sc2ccccc2c1C1CCCCC1. The fourth-order valence-corrected chi connectivity index (χ4v) is 8.80. The molecule has 1 fully saturated rings. The highest BCUT2D eigenvalue weighted by Gasteiger charge is 2.41. The number of halogens is 2. The summed E-state index contributed by atoms with van der Waals surface area (Å²) in [6.07, 6.45) is 6.04. The lowest BCUT2D eigenvalue weighted by Gasteiger charge is -2.29. The van der Waals surface area contributed by atoms with Gasteiger partial charge >= 0.3 is 7.60 Å². The highest BCUT2D eigenvalue weighted by molar-refractivity contribution is 7.54. The van der Waals surface area contributed by atoms with Crippen molar-refractivity contribution >= 4 is 29.0 Å². The molecule has 33 heavy (non-hydrogen) atoms. The lowest BCUT2D eigenvalue weighted by atomic mass is 9.82. The maximum atomic E-state index is 14.2. The molecular formula is C26H31F2O3PS. The lowest BCUT2D eigenvalue weighted by Crippen LogP contribution is -2.13. The van der Waals surface area contributed by atoms with Crippen LogP contribution in [0.1, 0.15) is 73.5 Å². The van der Waals surface area contributed by atoms with Crippen LogP contribution in [-0.2, 0) is 20.0 Å². The fraction of sp³-hybridized carbons (Fsp3) is 0.462. The van der Waals surface area contributed by atoms with E-state index in [2.05, 4.69) is 12.1 Å². The molecule has 4 rings (SSSR count). The summed E-state index contributed by atoms with van der Waals surface area (Å²) in [5.41, 5.74) is 1.23. The second-order valence-electron chi connectivity index (χ2n) is 8.55. The zero-order valence-corrected chi connectivity index (χ0v) is 20.9. The molecule has 178 valence electrons. The van der Waals surface area contributed by atoms with E-state index in [0.29, 0.717) is 11.5 Å². The van der Waals surface area contributed by atoms with Gasteiger partial charge < -0.3 is 9.05 Å². The van der Waals surface area contributed by atoms with E-state index in [0.717, 1.165) is 28.5 Å². The molecule has 1 heterocycles. The topological polar surface area (TPSA) is 35.5 Å². The Balaban J connectivity index is 1.89. The Morgan fingerprint density at radius 3 is 2.36 bits per heavy atom. The van der Waals surface area contributed by atoms with Gasteiger partial charge in [0.1, 0.15) is 0 Å². The summed E-state index contributed by atoms with van der Waals surface area (Å²) in [5, 5.41) is 1.19. The van der Waals surface area contributed by atoms with Crippen molar-refractivity contribution in [2.24, 2.45) is 0 Å². The van der Waals surface area contributed by atoms with Crippen LogP contribution in [0.4, 0.5) is 8.78 Å². The monoisotopic (exact) mass is 492 g/mol. The summed E-state index contributed by atoms with van der Waals surface area (Å²) < 4.78 is 54.6. The molecule has 0 N–H and O–H groups in total. The van der Waals surface area contributed by atoms with Crippen molar-refractivity contribution < 1.29 is 22.4 Å². The summed E-state index contributed by atoms with van der Waals surface area (Å²) >= 11 is 1.63. The first-order valence-corrected chi connectivity index (χ1v) is 14.2. The van der Waals surface area contributed by atoms with Gasteiger partial charge in [0.2, 0.25) is 0 Å². The molecular weight excluding hydrogens is 461 g/mol. The molecule has 3 aromatic rings. The zero-order chi connectivity index (χ0) is 23.4. The molecule has 2 aromatic carbocycles. The van der Waals surface area contributed by atoms with Crippen molar-refractivity contribution in [2.45, 2.75) is 63.9 Å². The van der Waals surface area contributed by atoms with Gasteiger partial charge in [0.15, 0.2) is 11.6 Å². The Morgan fingerprint density at radius 1 is 1.00 bits per heavy atom. The summed E-state index contributed by atoms with van der Waals surface area (Å²) in [7, 11) is -3.58. The Kier molecular flexibility index (Phi) is 8.01. The van der Waals surface area contributed by atoms with Gasteiger partial charge in [-0.2, -0.15) is 0 Å². The predicted molar refractivity (Wildman–Crippen MR) is 131 cm³/mol. The minimum Gasteiger partial charge on any atom is -0.308 e. The van der Waals surface area contributed by atoms with Crippen LogP contribution in [0.3, 0.4) is 0 Å². The van der Waals surface area contributed by atoms with Crippen LogP contribution in [0.2, 0.25) is 0 Å². The Bertz CT molecular complexity index is 1130. The highest BCUT2D eigenvalue weighted by atomic mass is 32.1. The number of fused-ring (bicyclic) bond motifs is 1. The van der Waals surface area contributed by atoms with E-state index < -0.39 is 24.9 Å². The van der Waals surface area contributed by atoms with Crippen molar-refractivity contribution in [2.75, 3.05) is 13.2 Å². The highest BCUT2D eigenvalue weighted by Crippen LogP contribution is 2.65. The standard InChI is InChI=1S/C26H31F2O3PS/c1-3-30-32(29,31-4-2)23(17-18-14-15-21(27)22(28)16-18)26-25(19-10-6-5-7-11-19)20-12-8-9-13-24(20)33-26/h8-9,12-16,19,23H,3-7,10-11,17H2,1-2H3. The van der Waals surface area contributed by atoms with Crippen molar-refractivity contribution in [1.82, 2.24) is 0 Å². The van der Waals surface area contributed by atoms with Crippen molar-refractivity contribution in [3.05, 3.63) is 70.1 Å². The van der Waals surface area contributed by atoms with Crippen LogP contribution in [0.25, 0.3) is 10.1 Å². The van der Waals surface area contributed by atoms with E-state index in [1.807, 2.05) is 12.1 Å².